The number of hydrogen-bond acceptors (Lipinski definition) is 2. The van der Waals surface area contributed by atoms with E-state index in [1.807, 2.05) is 0 Å². The van der Waals surface area contributed by atoms with Crippen molar-refractivity contribution in [1.82, 2.24) is 10.2 Å². The lowest BCUT2D eigenvalue weighted by Crippen LogP contribution is -2.42. The zero-order valence-electron chi connectivity index (χ0n) is 10.3. The predicted octanol–water partition coefficient (Wildman–Crippen LogP) is 2.11. The smallest absolute Gasteiger partial charge is 0.0217 e. The van der Waals surface area contributed by atoms with Crippen LogP contribution in [0.15, 0.2) is 0 Å². The van der Waals surface area contributed by atoms with Crippen LogP contribution in [-0.4, -0.2) is 37.6 Å². The Hall–Kier alpha value is -0.0800. The highest BCUT2D eigenvalue weighted by molar-refractivity contribution is 4.78. The Bertz CT molecular complexity index is 152. The molecule has 0 aromatic carbocycles. The summed E-state index contributed by atoms with van der Waals surface area (Å²) in [7, 11) is 2.27. The molecule has 0 aromatic heterocycles. The molecule has 1 heterocycles. The van der Waals surface area contributed by atoms with Gasteiger partial charge >= 0.3 is 0 Å². The maximum absolute atomic E-state index is 3.52. The minimum Gasteiger partial charge on any atom is -0.315 e. The Balaban J connectivity index is 2.37. The Morgan fingerprint density at radius 1 is 1.29 bits per heavy atom. The number of nitrogens with one attached hydrogen (secondary N) is 1. The highest BCUT2D eigenvalue weighted by atomic mass is 15.2. The number of nitrogens with zero attached hydrogens (tertiary/aromatic N) is 1. The van der Waals surface area contributed by atoms with Gasteiger partial charge in [-0.3, -0.25) is 0 Å². The number of hydrogen-bond donors (Lipinski definition) is 1. The van der Waals surface area contributed by atoms with E-state index in [1.54, 1.807) is 0 Å². The summed E-state index contributed by atoms with van der Waals surface area (Å²) in [5.41, 5.74) is 0.418. The first-order chi connectivity index (χ1) is 6.49. The Morgan fingerprint density at radius 2 is 2.00 bits per heavy atom. The summed E-state index contributed by atoms with van der Waals surface area (Å²) in [6.07, 6.45) is 4.09. The summed E-state index contributed by atoms with van der Waals surface area (Å²) in [5, 5.41) is 3.52. The van der Waals surface area contributed by atoms with E-state index >= 15 is 0 Å². The topological polar surface area (TPSA) is 15.3 Å². The van der Waals surface area contributed by atoms with E-state index < -0.39 is 0 Å². The standard InChI is InChI=1S/C12H26N2/c1-12(2,3)10-14(4)11-7-5-6-8-13-9-11/h11,13H,5-10H2,1-4H3. The molecule has 0 spiro atoms. The third-order valence-electron chi connectivity index (χ3n) is 2.87. The molecule has 1 atom stereocenters. The van der Waals surface area contributed by atoms with E-state index in [-0.39, 0.29) is 0 Å². The average Bonchev–Trinajstić information content (AvgIpc) is 2.27. The summed E-state index contributed by atoms with van der Waals surface area (Å²) in [6, 6.07) is 0.747. The lowest BCUT2D eigenvalue weighted by molar-refractivity contribution is 0.165. The molecule has 1 saturated heterocycles. The summed E-state index contributed by atoms with van der Waals surface area (Å²) in [6.45, 7) is 10.5. The highest BCUT2D eigenvalue weighted by Gasteiger charge is 2.21. The van der Waals surface area contributed by atoms with Crippen molar-refractivity contribution in [2.75, 3.05) is 26.7 Å². The molecule has 1 unspecified atom stereocenters. The first-order valence-corrected chi connectivity index (χ1v) is 5.90. The molecule has 0 bridgehead atoms. The summed E-state index contributed by atoms with van der Waals surface area (Å²) >= 11 is 0. The van der Waals surface area contributed by atoms with Crippen molar-refractivity contribution >= 4 is 0 Å². The largest absolute Gasteiger partial charge is 0.315 e. The van der Waals surface area contributed by atoms with Crippen molar-refractivity contribution in [2.24, 2.45) is 5.41 Å². The molecule has 1 rings (SSSR count). The summed E-state index contributed by atoms with van der Waals surface area (Å²) in [5.74, 6) is 0. The van der Waals surface area contributed by atoms with Crippen LogP contribution in [0.1, 0.15) is 40.0 Å². The van der Waals surface area contributed by atoms with Gasteiger partial charge in [-0.2, -0.15) is 0 Å². The van der Waals surface area contributed by atoms with Crippen molar-refractivity contribution in [3.05, 3.63) is 0 Å². The van der Waals surface area contributed by atoms with Gasteiger partial charge in [0.2, 0.25) is 0 Å². The Labute approximate surface area is 89.1 Å². The van der Waals surface area contributed by atoms with Crippen molar-refractivity contribution in [3.63, 3.8) is 0 Å². The summed E-state index contributed by atoms with van der Waals surface area (Å²) in [4.78, 5) is 2.53. The van der Waals surface area contributed by atoms with E-state index in [4.69, 9.17) is 0 Å². The third kappa shape index (κ3) is 4.43. The Kier molecular flexibility index (Phi) is 4.39. The lowest BCUT2D eigenvalue weighted by atomic mass is 9.95. The quantitative estimate of drug-likeness (QED) is 0.731. The van der Waals surface area contributed by atoms with E-state index in [1.165, 1.54) is 38.9 Å². The second-order valence-electron chi connectivity index (χ2n) is 5.83. The van der Waals surface area contributed by atoms with Gasteiger partial charge in [0.1, 0.15) is 0 Å². The molecule has 0 aliphatic carbocycles. The van der Waals surface area contributed by atoms with Crippen LogP contribution in [0.2, 0.25) is 0 Å². The lowest BCUT2D eigenvalue weighted by Gasteiger charge is -2.32. The molecule has 0 radical (unpaired) electrons. The molecule has 14 heavy (non-hydrogen) atoms. The van der Waals surface area contributed by atoms with Crippen LogP contribution in [0.4, 0.5) is 0 Å². The maximum atomic E-state index is 3.52. The molecule has 0 amide bonds. The van der Waals surface area contributed by atoms with E-state index in [9.17, 15) is 0 Å². The van der Waals surface area contributed by atoms with E-state index in [0.29, 0.717) is 5.41 Å². The number of likely N-dealkylation sites (N-methyl/N-ethyl adjacent to an activating group) is 1. The molecule has 84 valence electrons. The van der Waals surface area contributed by atoms with Crippen LogP contribution in [0.3, 0.4) is 0 Å². The average molecular weight is 198 g/mol. The maximum Gasteiger partial charge on any atom is 0.0217 e. The van der Waals surface area contributed by atoms with Crippen LogP contribution in [-0.2, 0) is 0 Å². The van der Waals surface area contributed by atoms with Crippen LogP contribution in [0.25, 0.3) is 0 Å². The molecule has 1 aliphatic rings. The first kappa shape index (κ1) is 12.0. The van der Waals surface area contributed by atoms with Crippen LogP contribution < -0.4 is 5.32 Å². The molecule has 2 nitrogen and oxygen atoms in total. The SMILES string of the molecule is CN(CC(C)(C)C)C1CCCCNC1. The fourth-order valence-electron chi connectivity index (χ4n) is 2.25. The zero-order valence-corrected chi connectivity index (χ0v) is 10.3. The molecular weight excluding hydrogens is 172 g/mol. The second kappa shape index (κ2) is 5.13. The van der Waals surface area contributed by atoms with Crippen LogP contribution in [0.5, 0.6) is 0 Å². The second-order valence-corrected chi connectivity index (χ2v) is 5.83. The van der Waals surface area contributed by atoms with E-state index in [0.717, 1.165) is 6.04 Å². The Morgan fingerprint density at radius 3 is 2.64 bits per heavy atom. The van der Waals surface area contributed by atoms with Crippen LogP contribution in [0, 0.1) is 5.41 Å². The molecule has 2 heteroatoms. The van der Waals surface area contributed by atoms with Gasteiger partial charge in [0, 0.05) is 19.1 Å². The highest BCUT2D eigenvalue weighted by Crippen LogP contribution is 2.18. The monoisotopic (exact) mass is 198 g/mol. The number of rotatable bonds is 2. The third-order valence-corrected chi connectivity index (χ3v) is 2.87. The zero-order chi connectivity index (χ0) is 10.6. The normalized spacial score (nSPS) is 25.1. The van der Waals surface area contributed by atoms with Gasteiger partial charge in [-0.05, 0) is 31.8 Å². The van der Waals surface area contributed by atoms with Gasteiger partial charge in [0.15, 0.2) is 0 Å². The molecular formula is C12H26N2. The molecule has 0 saturated carbocycles. The van der Waals surface area contributed by atoms with Gasteiger partial charge in [-0.15, -0.1) is 0 Å². The van der Waals surface area contributed by atoms with Gasteiger partial charge in [0.05, 0.1) is 0 Å². The van der Waals surface area contributed by atoms with Gasteiger partial charge < -0.3 is 10.2 Å². The minimum absolute atomic E-state index is 0.418. The minimum atomic E-state index is 0.418. The fourth-order valence-corrected chi connectivity index (χ4v) is 2.25. The van der Waals surface area contributed by atoms with Crippen molar-refractivity contribution in [2.45, 2.75) is 46.1 Å². The molecule has 0 aromatic rings. The fraction of sp³-hybridized carbons (Fsp3) is 1.00. The summed E-state index contributed by atoms with van der Waals surface area (Å²) < 4.78 is 0. The first-order valence-electron chi connectivity index (χ1n) is 5.90. The van der Waals surface area contributed by atoms with Gasteiger partial charge in [-0.25, -0.2) is 0 Å². The molecule has 1 N–H and O–H groups in total. The van der Waals surface area contributed by atoms with Gasteiger partial charge in [0.25, 0.3) is 0 Å². The molecule has 1 aliphatic heterocycles. The predicted molar refractivity (Wildman–Crippen MR) is 62.6 cm³/mol. The van der Waals surface area contributed by atoms with Crippen molar-refractivity contribution < 1.29 is 0 Å². The van der Waals surface area contributed by atoms with Gasteiger partial charge in [-0.1, -0.05) is 27.2 Å². The van der Waals surface area contributed by atoms with Crippen LogP contribution >= 0.6 is 0 Å². The van der Waals surface area contributed by atoms with E-state index in [2.05, 4.69) is 38.0 Å². The van der Waals surface area contributed by atoms with Crippen molar-refractivity contribution in [3.8, 4) is 0 Å². The molecule has 1 fully saturated rings. The van der Waals surface area contributed by atoms with Crippen molar-refractivity contribution in [1.29, 1.82) is 0 Å².